The minimum Gasteiger partial charge on any atom is -0.480 e. The Kier molecular flexibility index (Phi) is 5.28. The molecule has 0 fully saturated rings. The number of nitrogens with zero attached hydrogens (tertiary/aromatic N) is 1. The maximum atomic E-state index is 11.8. The fraction of sp³-hybridized carbons (Fsp3) is 0.357. The second-order valence-corrected chi connectivity index (χ2v) is 4.44. The summed E-state index contributed by atoms with van der Waals surface area (Å²) in [7, 11) is 0. The zero-order valence-corrected chi connectivity index (χ0v) is 11.3. The van der Waals surface area contributed by atoms with Crippen LogP contribution in [-0.2, 0) is 19.2 Å². The van der Waals surface area contributed by atoms with E-state index in [1.54, 1.807) is 0 Å². The highest BCUT2D eigenvalue weighted by Gasteiger charge is 2.28. The van der Waals surface area contributed by atoms with E-state index in [1.165, 1.54) is 0 Å². The Morgan fingerprint density at radius 1 is 1.38 bits per heavy atom. The van der Waals surface area contributed by atoms with Gasteiger partial charge in [-0.1, -0.05) is 35.5 Å². The molecule has 0 aromatic heterocycles. The molecule has 1 aliphatic heterocycles. The summed E-state index contributed by atoms with van der Waals surface area (Å²) in [5.74, 6) is -1.33. The highest BCUT2D eigenvalue weighted by Crippen LogP contribution is 2.16. The fourth-order valence-corrected chi connectivity index (χ4v) is 1.84. The minimum absolute atomic E-state index is 0.136. The molecule has 1 unspecified atom stereocenters. The number of hydrogen-bond donors (Lipinski definition) is 2. The number of amides is 1. The first-order chi connectivity index (χ1) is 10.2. The molecule has 1 heterocycles. The molecule has 1 aromatic rings. The predicted molar refractivity (Wildman–Crippen MR) is 73.9 cm³/mol. The molecule has 1 aliphatic rings. The van der Waals surface area contributed by atoms with E-state index in [9.17, 15) is 9.59 Å². The highest BCUT2D eigenvalue weighted by molar-refractivity contribution is 6.04. The fourth-order valence-electron chi connectivity index (χ4n) is 1.84. The minimum atomic E-state index is -1.04. The lowest BCUT2D eigenvalue weighted by molar-refractivity contribution is -0.142. The van der Waals surface area contributed by atoms with Crippen molar-refractivity contribution in [2.75, 3.05) is 19.8 Å². The van der Waals surface area contributed by atoms with Gasteiger partial charge in [0.2, 0.25) is 6.10 Å². The third-order valence-corrected chi connectivity index (χ3v) is 2.84. The molecule has 1 aromatic carbocycles. The number of nitrogens with one attached hydrogen (secondary N) is 1. The van der Waals surface area contributed by atoms with Gasteiger partial charge in [-0.3, -0.25) is 4.79 Å². The molecule has 7 heteroatoms. The van der Waals surface area contributed by atoms with E-state index in [4.69, 9.17) is 14.7 Å². The summed E-state index contributed by atoms with van der Waals surface area (Å²) in [4.78, 5) is 27.2. The Morgan fingerprint density at radius 2 is 2.14 bits per heavy atom. The number of carboxylic acids is 1. The summed E-state index contributed by atoms with van der Waals surface area (Å²) >= 11 is 0. The Bertz CT molecular complexity index is 529. The number of oxime groups is 1. The van der Waals surface area contributed by atoms with Crippen LogP contribution in [0.4, 0.5) is 0 Å². The quantitative estimate of drug-likeness (QED) is 0.709. The molecule has 1 amide bonds. The number of benzene rings is 1. The van der Waals surface area contributed by atoms with E-state index in [-0.39, 0.29) is 25.7 Å². The van der Waals surface area contributed by atoms with E-state index >= 15 is 0 Å². The predicted octanol–water partition coefficient (Wildman–Crippen LogP) is 0.397. The van der Waals surface area contributed by atoms with Crippen molar-refractivity contribution in [2.45, 2.75) is 12.5 Å². The van der Waals surface area contributed by atoms with Gasteiger partial charge in [-0.15, -0.1) is 0 Å². The van der Waals surface area contributed by atoms with Gasteiger partial charge in [0.25, 0.3) is 5.91 Å². The lowest BCUT2D eigenvalue weighted by Crippen LogP contribution is -2.36. The number of carboxylic acid groups (broad SMARTS) is 1. The Hall–Kier alpha value is -2.41. The number of carbonyl (C=O) groups is 2. The number of rotatable bonds is 7. The highest BCUT2D eigenvalue weighted by atomic mass is 16.6. The van der Waals surface area contributed by atoms with Crippen molar-refractivity contribution in [1.82, 2.24) is 5.32 Å². The molecule has 7 nitrogen and oxygen atoms in total. The molecule has 0 saturated heterocycles. The second-order valence-electron chi connectivity index (χ2n) is 4.44. The Balaban J connectivity index is 1.70. The van der Waals surface area contributed by atoms with Crippen LogP contribution < -0.4 is 5.32 Å². The van der Waals surface area contributed by atoms with Crippen LogP contribution >= 0.6 is 0 Å². The maximum absolute atomic E-state index is 11.8. The standard InChI is InChI=1S/C14H16N2O5/c17-13(18)9-20-7-6-15-14(19)12-8-11(16-21-12)10-4-2-1-3-5-10/h1-5,12H,6-9H2,(H,15,19)(H,17,18). The van der Waals surface area contributed by atoms with Crippen LogP contribution in [0.15, 0.2) is 35.5 Å². The monoisotopic (exact) mass is 292 g/mol. The van der Waals surface area contributed by atoms with Crippen molar-refractivity contribution in [3.8, 4) is 0 Å². The molecule has 0 aliphatic carbocycles. The van der Waals surface area contributed by atoms with Crippen LogP contribution in [0.1, 0.15) is 12.0 Å². The summed E-state index contributed by atoms with van der Waals surface area (Å²) in [6, 6.07) is 9.50. The maximum Gasteiger partial charge on any atom is 0.329 e. The molecule has 0 bridgehead atoms. The van der Waals surface area contributed by atoms with Crippen LogP contribution in [0, 0.1) is 0 Å². The molecule has 2 rings (SSSR count). The summed E-state index contributed by atoms with van der Waals surface area (Å²) in [6.45, 7) is -0.0130. The van der Waals surface area contributed by atoms with Gasteiger partial charge in [-0.25, -0.2) is 4.79 Å². The molecule has 2 N–H and O–H groups in total. The number of hydrogen-bond acceptors (Lipinski definition) is 5. The van der Waals surface area contributed by atoms with E-state index in [1.807, 2.05) is 30.3 Å². The first kappa shape index (κ1) is 15.0. The van der Waals surface area contributed by atoms with Crippen molar-refractivity contribution in [2.24, 2.45) is 5.16 Å². The summed E-state index contributed by atoms with van der Waals surface area (Å²) < 4.78 is 4.81. The van der Waals surface area contributed by atoms with E-state index in [0.29, 0.717) is 6.42 Å². The molecule has 21 heavy (non-hydrogen) atoms. The Labute approximate surface area is 121 Å². The number of ether oxygens (including phenoxy) is 1. The van der Waals surface area contributed by atoms with Gasteiger partial charge in [0, 0.05) is 13.0 Å². The molecule has 0 spiro atoms. The first-order valence-corrected chi connectivity index (χ1v) is 6.52. The third-order valence-electron chi connectivity index (χ3n) is 2.84. The van der Waals surface area contributed by atoms with Crippen molar-refractivity contribution >= 4 is 17.6 Å². The SMILES string of the molecule is O=C(O)COCCNC(=O)C1CC(c2ccccc2)=NO1. The van der Waals surface area contributed by atoms with Gasteiger partial charge >= 0.3 is 5.97 Å². The van der Waals surface area contributed by atoms with Gasteiger partial charge in [0.1, 0.15) is 6.61 Å². The van der Waals surface area contributed by atoms with E-state index < -0.39 is 12.1 Å². The van der Waals surface area contributed by atoms with Crippen LogP contribution in [0.2, 0.25) is 0 Å². The van der Waals surface area contributed by atoms with E-state index in [2.05, 4.69) is 10.5 Å². The largest absolute Gasteiger partial charge is 0.480 e. The van der Waals surface area contributed by atoms with Gasteiger partial charge in [0.05, 0.1) is 12.3 Å². The normalized spacial score (nSPS) is 17.0. The van der Waals surface area contributed by atoms with Gasteiger partial charge < -0.3 is 20.0 Å². The average Bonchev–Trinajstić information content (AvgIpc) is 2.97. The summed E-state index contributed by atoms with van der Waals surface area (Å²) in [5, 5.41) is 14.9. The molecule has 0 radical (unpaired) electrons. The summed E-state index contributed by atoms with van der Waals surface area (Å²) in [6.07, 6.45) is -0.245. The van der Waals surface area contributed by atoms with Crippen molar-refractivity contribution in [1.29, 1.82) is 0 Å². The molecule has 0 saturated carbocycles. The number of aliphatic carboxylic acids is 1. The van der Waals surface area contributed by atoms with Gasteiger partial charge in [0.15, 0.2) is 0 Å². The zero-order chi connectivity index (χ0) is 15.1. The zero-order valence-electron chi connectivity index (χ0n) is 11.3. The van der Waals surface area contributed by atoms with Gasteiger partial charge in [-0.2, -0.15) is 0 Å². The van der Waals surface area contributed by atoms with Crippen LogP contribution in [0.3, 0.4) is 0 Å². The lowest BCUT2D eigenvalue weighted by atomic mass is 10.0. The van der Waals surface area contributed by atoms with Gasteiger partial charge in [-0.05, 0) is 5.56 Å². The second kappa shape index (κ2) is 7.39. The molecular formula is C14H16N2O5. The van der Waals surface area contributed by atoms with E-state index in [0.717, 1.165) is 11.3 Å². The van der Waals surface area contributed by atoms with Crippen LogP contribution in [0.25, 0.3) is 0 Å². The topological polar surface area (TPSA) is 97.2 Å². The first-order valence-electron chi connectivity index (χ1n) is 6.52. The van der Waals surface area contributed by atoms with Crippen LogP contribution in [0.5, 0.6) is 0 Å². The molecule has 112 valence electrons. The summed E-state index contributed by atoms with van der Waals surface area (Å²) in [5.41, 5.74) is 1.66. The third kappa shape index (κ3) is 4.57. The lowest BCUT2D eigenvalue weighted by Gasteiger charge is -2.09. The average molecular weight is 292 g/mol. The van der Waals surface area contributed by atoms with Crippen LogP contribution in [-0.4, -0.2) is 48.6 Å². The van der Waals surface area contributed by atoms with Crippen molar-refractivity contribution in [3.63, 3.8) is 0 Å². The molecule has 1 atom stereocenters. The Morgan fingerprint density at radius 3 is 2.86 bits per heavy atom. The number of carbonyl (C=O) groups excluding carboxylic acids is 1. The van der Waals surface area contributed by atoms with Crippen molar-refractivity contribution in [3.05, 3.63) is 35.9 Å². The molecular weight excluding hydrogens is 276 g/mol. The smallest absolute Gasteiger partial charge is 0.329 e. The van der Waals surface area contributed by atoms with Crippen molar-refractivity contribution < 1.29 is 24.3 Å².